The Kier molecular flexibility index (Phi) is 3.74. The fourth-order valence-corrected chi connectivity index (χ4v) is 2.82. The zero-order valence-electron chi connectivity index (χ0n) is 10.5. The van der Waals surface area contributed by atoms with Gasteiger partial charge in [-0.3, -0.25) is 10.1 Å². The van der Waals surface area contributed by atoms with Crippen LogP contribution < -0.4 is 10.6 Å². The number of amides is 1. The van der Waals surface area contributed by atoms with Crippen LogP contribution in [0.25, 0.3) is 0 Å². The summed E-state index contributed by atoms with van der Waals surface area (Å²) in [5, 5.41) is 6.18. The van der Waals surface area contributed by atoms with Crippen LogP contribution in [-0.4, -0.2) is 23.6 Å². The van der Waals surface area contributed by atoms with Gasteiger partial charge in [0.2, 0.25) is 5.91 Å². The number of anilines is 1. The molecular weight excluding hydrogens is 232 g/mol. The lowest BCUT2D eigenvalue weighted by Crippen LogP contribution is -2.37. The van der Waals surface area contributed by atoms with Crippen LogP contribution in [0.2, 0.25) is 0 Å². The normalized spacial score (nSPS) is 19.4. The predicted octanol–water partition coefficient (Wildman–Crippen LogP) is 2.21. The van der Waals surface area contributed by atoms with E-state index in [-0.39, 0.29) is 11.9 Å². The summed E-state index contributed by atoms with van der Waals surface area (Å²) in [7, 11) is 0. The third-order valence-electron chi connectivity index (χ3n) is 3.13. The first kappa shape index (κ1) is 12.5. The molecule has 1 amide bonds. The molecule has 1 aliphatic rings. The summed E-state index contributed by atoms with van der Waals surface area (Å²) in [6.45, 7) is 6.18. The Morgan fingerprint density at radius 3 is 2.65 bits per heavy atom. The van der Waals surface area contributed by atoms with Crippen LogP contribution in [-0.2, 0) is 4.79 Å². The second-order valence-electron chi connectivity index (χ2n) is 4.51. The van der Waals surface area contributed by atoms with Crippen molar-refractivity contribution in [1.82, 2.24) is 5.32 Å². The topological polar surface area (TPSA) is 41.1 Å². The van der Waals surface area contributed by atoms with Crippen LogP contribution in [0.15, 0.2) is 12.1 Å². The first-order valence-electron chi connectivity index (χ1n) is 5.78. The molecule has 0 spiro atoms. The molecule has 4 heteroatoms. The average Bonchev–Trinajstić information content (AvgIpc) is 2.79. The van der Waals surface area contributed by atoms with Gasteiger partial charge in [0.25, 0.3) is 0 Å². The van der Waals surface area contributed by atoms with Crippen molar-refractivity contribution in [2.24, 2.45) is 0 Å². The van der Waals surface area contributed by atoms with E-state index in [9.17, 15) is 4.79 Å². The van der Waals surface area contributed by atoms with Crippen LogP contribution in [0.5, 0.6) is 0 Å². The molecule has 2 N–H and O–H groups in total. The fraction of sp³-hybridized carbons (Fsp3) is 0.462. The quantitative estimate of drug-likeness (QED) is 0.845. The number of thioether (sulfide) groups is 1. The molecule has 1 aromatic rings. The van der Waals surface area contributed by atoms with Gasteiger partial charge in [0.15, 0.2) is 0 Å². The smallest absolute Gasteiger partial charge is 0.242 e. The Hall–Kier alpha value is -1.00. The van der Waals surface area contributed by atoms with Crippen molar-refractivity contribution in [3.8, 4) is 0 Å². The highest BCUT2D eigenvalue weighted by molar-refractivity contribution is 7.99. The van der Waals surface area contributed by atoms with Crippen molar-refractivity contribution in [2.45, 2.75) is 26.8 Å². The summed E-state index contributed by atoms with van der Waals surface area (Å²) in [6.07, 6.45) is 0. The number of rotatable bonds is 2. The highest BCUT2D eigenvalue weighted by Gasteiger charge is 2.22. The SMILES string of the molecule is Cc1cc(C)c(NC(=O)C2CSCN2)cc1C. The molecule has 0 bridgehead atoms. The van der Waals surface area contributed by atoms with E-state index in [0.717, 1.165) is 22.9 Å². The van der Waals surface area contributed by atoms with E-state index < -0.39 is 0 Å². The lowest BCUT2D eigenvalue weighted by Gasteiger charge is -2.14. The van der Waals surface area contributed by atoms with Gasteiger partial charge in [-0.15, -0.1) is 11.8 Å². The summed E-state index contributed by atoms with van der Waals surface area (Å²) in [6, 6.07) is 4.10. The van der Waals surface area contributed by atoms with Crippen LogP contribution in [0.3, 0.4) is 0 Å². The van der Waals surface area contributed by atoms with Gasteiger partial charge in [-0.05, 0) is 43.5 Å². The number of carbonyl (C=O) groups excluding carboxylic acids is 1. The van der Waals surface area contributed by atoms with E-state index >= 15 is 0 Å². The molecule has 1 aromatic carbocycles. The van der Waals surface area contributed by atoms with Crippen molar-refractivity contribution in [1.29, 1.82) is 0 Å². The summed E-state index contributed by atoms with van der Waals surface area (Å²) in [4.78, 5) is 12.0. The molecule has 17 heavy (non-hydrogen) atoms. The van der Waals surface area contributed by atoms with Gasteiger partial charge >= 0.3 is 0 Å². The Bertz CT molecular complexity index is 439. The van der Waals surface area contributed by atoms with Gasteiger partial charge in [-0.25, -0.2) is 0 Å². The monoisotopic (exact) mass is 250 g/mol. The molecule has 0 radical (unpaired) electrons. The van der Waals surface area contributed by atoms with Gasteiger partial charge in [0, 0.05) is 17.3 Å². The molecule has 1 heterocycles. The molecular formula is C13H18N2OS. The predicted molar refractivity (Wildman–Crippen MR) is 73.5 cm³/mol. The fourth-order valence-electron chi connectivity index (χ4n) is 1.88. The molecule has 1 fully saturated rings. The molecule has 0 aromatic heterocycles. The minimum absolute atomic E-state index is 0.0546. The van der Waals surface area contributed by atoms with Gasteiger partial charge in [0.1, 0.15) is 0 Å². The number of benzene rings is 1. The number of aryl methyl sites for hydroxylation is 3. The minimum Gasteiger partial charge on any atom is -0.324 e. The molecule has 0 saturated carbocycles. The summed E-state index contributed by atoms with van der Waals surface area (Å²) < 4.78 is 0. The van der Waals surface area contributed by atoms with E-state index in [1.165, 1.54) is 11.1 Å². The summed E-state index contributed by atoms with van der Waals surface area (Å²) >= 11 is 1.76. The highest BCUT2D eigenvalue weighted by atomic mass is 32.2. The number of hydrogen-bond donors (Lipinski definition) is 2. The maximum absolute atomic E-state index is 12.0. The molecule has 1 aliphatic heterocycles. The number of carbonyl (C=O) groups is 1. The third kappa shape index (κ3) is 2.82. The van der Waals surface area contributed by atoms with Crippen LogP contribution in [0.1, 0.15) is 16.7 Å². The molecule has 0 aliphatic carbocycles. The van der Waals surface area contributed by atoms with Crippen molar-refractivity contribution < 1.29 is 4.79 Å². The number of hydrogen-bond acceptors (Lipinski definition) is 3. The lowest BCUT2D eigenvalue weighted by atomic mass is 10.0. The van der Waals surface area contributed by atoms with Gasteiger partial charge < -0.3 is 5.32 Å². The van der Waals surface area contributed by atoms with Gasteiger partial charge in [0.05, 0.1) is 6.04 Å². The minimum atomic E-state index is -0.0546. The van der Waals surface area contributed by atoms with Crippen LogP contribution in [0.4, 0.5) is 5.69 Å². The molecule has 1 saturated heterocycles. The van der Waals surface area contributed by atoms with Crippen LogP contribution >= 0.6 is 11.8 Å². The average molecular weight is 250 g/mol. The zero-order valence-corrected chi connectivity index (χ0v) is 11.3. The second kappa shape index (κ2) is 5.10. The highest BCUT2D eigenvalue weighted by Crippen LogP contribution is 2.21. The maximum atomic E-state index is 12.0. The first-order valence-corrected chi connectivity index (χ1v) is 6.93. The molecule has 92 valence electrons. The van der Waals surface area contributed by atoms with E-state index in [1.807, 2.05) is 13.0 Å². The number of nitrogens with one attached hydrogen (secondary N) is 2. The Labute approximate surface area is 106 Å². The summed E-state index contributed by atoms with van der Waals surface area (Å²) in [5.74, 6) is 1.79. The first-order chi connectivity index (χ1) is 8.08. The molecule has 1 atom stereocenters. The van der Waals surface area contributed by atoms with Gasteiger partial charge in [-0.2, -0.15) is 0 Å². The standard InChI is InChI=1S/C13H18N2OS/c1-8-4-10(3)11(5-9(8)2)15-13(16)12-6-17-7-14-12/h4-5,12,14H,6-7H2,1-3H3,(H,15,16). The van der Waals surface area contributed by atoms with Crippen molar-refractivity contribution in [2.75, 3.05) is 16.9 Å². The maximum Gasteiger partial charge on any atom is 0.242 e. The Morgan fingerprint density at radius 2 is 2.00 bits per heavy atom. The molecule has 1 unspecified atom stereocenters. The zero-order chi connectivity index (χ0) is 12.4. The van der Waals surface area contributed by atoms with Gasteiger partial charge in [-0.1, -0.05) is 6.07 Å². The van der Waals surface area contributed by atoms with Crippen molar-refractivity contribution in [3.63, 3.8) is 0 Å². The Balaban J connectivity index is 2.12. The lowest BCUT2D eigenvalue weighted by molar-refractivity contribution is -0.117. The van der Waals surface area contributed by atoms with Crippen LogP contribution in [0, 0.1) is 20.8 Å². The van der Waals surface area contributed by atoms with Crippen molar-refractivity contribution >= 4 is 23.4 Å². The summed E-state index contributed by atoms with van der Waals surface area (Å²) in [5.41, 5.74) is 4.51. The third-order valence-corrected chi connectivity index (χ3v) is 4.07. The van der Waals surface area contributed by atoms with E-state index in [0.29, 0.717) is 0 Å². The largest absolute Gasteiger partial charge is 0.324 e. The molecule has 2 rings (SSSR count). The van der Waals surface area contributed by atoms with Crippen molar-refractivity contribution in [3.05, 3.63) is 28.8 Å². The molecule has 3 nitrogen and oxygen atoms in total. The van der Waals surface area contributed by atoms with E-state index in [2.05, 4.69) is 30.5 Å². The second-order valence-corrected chi connectivity index (χ2v) is 5.54. The Morgan fingerprint density at radius 1 is 1.29 bits per heavy atom. The van der Waals surface area contributed by atoms with E-state index in [1.54, 1.807) is 11.8 Å². The van der Waals surface area contributed by atoms with E-state index in [4.69, 9.17) is 0 Å².